The molecule has 0 bridgehead atoms. The maximum Gasteiger partial charge on any atom is 0.123 e. The zero-order valence-corrected chi connectivity index (χ0v) is 14.6. The van der Waals surface area contributed by atoms with Gasteiger partial charge in [0.1, 0.15) is 17.2 Å². The van der Waals surface area contributed by atoms with E-state index in [1.54, 1.807) is 41.6 Å². The molecule has 0 aliphatic carbocycles. The molecule has 6 heteroatoms. The van der Waals surface area contributed by atoms with E-state index in [1.807, 2.05) is 30.3 Å². The number of hydrogen-bond donors (Lipinski definition) is 0. The monoisotopic (exact) mass is 372 g/mol. The van der Waals surface area contributed by atoms with Crippen LogP contribution < -0.4 is 0 Å². The minimum absolute atomic E-state index is 0.237. The summed E-state index contributed by atoms with van der Waals surface area (Å²) in [6, 6.07) is 16.2. The Bertz CT molecular complexity index is 998. The second-order valence-corrected chi connectivity index (χ2v) is 7.62. The highest BCUT2D eigenvalue weighted by molar-refractivity contribution is 7.99. The molecule has 4 aromatic rings. The normalized spacial score (nSPS) is 11.1. The molecule has 24 heavy (non-hydrogen) atoms. The number of fused-ring (bicyclic) bond motifs is 1. The van der Waals surface area contributed by atoms with Crippen molar-refractivity contribution in [2.24, 2.45) is 0 Å². The van der Waals surface area contributed by atoms with Crippen LogP contribution in [0.4, 0.5) is 4.39 Å². The SMILES string of the molecule is Fc1ccc(-c2cc3ncnc(Sc4ccc(Cl)cc4)c3s2)cc1. The smallest absolute Gasteiger partial charge is 0.123 e. The van der Waals surface area contributed by atoms with Gasteiger partial charge in [0.05, 0.1) is 10.2 Å². The predicted molar refractivity (Wildman–Crippen MR) is 98.4 cm³/mol. The number of nitrogens with zero attached hydrogens (tertiary/aromatic N) is 2. The zero-order chi connectivity index (χ0) is 16.5. The van der Waals surface area contributed by atoms with E-state index in [-0.39, 0.29) is 5.82 Å². The standard InChI is InChI=1S/C18H10ClFN2S2/c19-12-3-7-14(8-4-12)23-18-17-15(21-10-22-18)9-16(24-17)11-1-5-13(20)6-2-11/h1-10H. The summed E-state index contributed by atoms with van der Waals surface area (Å²) < 4.78 is 14.1. The van der Waals surface area contributed by atoms with Crippen LogP contribution in [0.1, 0.15) is 0 Å². The predicted octanol–water partition coefficient (Wildman–Crippen LogP) is 6.30. The summed E-state index contributed by atoms with van der Waals surface area (Å²) in [6.07, 6.45) is 1.57. The molecule has 2 heterocycles. The second-order valence-electron chi connectivity index (χ2n) is 5.07. The summed E-state index contributed by atoms with van der Waals surface area (Å²) in [5.41, 5.74) is 1.87. The molecule has 2 aromatic carbocycles. The highest BCUT2D eigenvalue weighted by Gasteiger charge is 2.11. The summed E-state index contributed by atoms with van der Waals surface area (Å²) in [7, 11) is 0. The Hall–Kier alpha value is -1.95. The maximum atomic E-state index is 13.1. The molecular weight excluding hydrogens is 363 g/mol. The van der Waals surface area contributed by atoms with Gasteiger partial charge in [-0.05, 0) is 48.0 Å². The Balaban J connectivity index is 1.74. The Labute approximate surface area is 151 Å². The van der Waals surface area contributed by atoms with E-state index in [0.29, 0.717) is 5.02 Å². The average Bonchev–Trinajstić information content (AvgIpc) is 3.03. The van der Waals surface area contributed by atoms with Crippen LogP contribution in [0.15, 0.2) is 70.8 Å². The van der Waals surface area contributed by atoms with E-state index in [1.165, 1.54) is 12.1 Å². The van der Waals surface area contributed by atoms with Crippen LogP contribution in [0, 0.1) is 5.82 Å². The fourth-order valence-corrected chi connectivity index (χ4v) is 4.45. The van der Waals surface area contributed by atoms with Crippen molar-refractivity contribution in [3.05, 3.63) is 71.8 Å². The molecule has 0 radical (unpaired) electrons. The zero-order valence-electron chi connectivity index (χ0n) is 12.2. The molecule has 0 saturated carbocycles. The number of thiophene rings is 1. The molecule has 0 spiro atoms. The third-order valence-electron chi connectivity index (χ3n) is 3.44. The molecule has 2 nitrogen and oxygen atoms in total. The first-order chi connectivity index (χ1) is 11.7. The van der Waals surface area contributed by atoms with Crippen LogP contribution in [0.2, 0.25) is 5.02 Å². The van der Waals surface area contributed by atoms with Gasteiger partial charge in [0.15, 0.2) is 0 Å². The van der Waals surface area contributed by atoms with Crippen LogP contribution in [0.5, 0.6) is 0 Å². The van der Waals surface area contributed by atoms with E-state index in [4.69, 9.17) is 11.6 Å². The number of rotatable bonds is 3. The largest absolute Gasteiger partial charge is 0.235 e. The van der Waals surface area contributed by atoms with E-state index in [2.05, 4.69) is 9.97 Å². The first-order valence-corrected chi connectivity index (χ1v) is 9.14. The Morgan fingerprint density at radius 2 is 1.71 bits per heavy atom. The highest BCUT2D eigenvalue weighted by atomic mass is 35.5. The number of halogens is 2. The number of aromatic nitrogens is 2. The van der Waals surface area contributed by atoms with Crippen LogP contribution >= 0.6 is 34.7 Å². The lowest BCUT2D eigenvalue weighted by Gasteiger charge is -2.01. The van der Waals surface area contributed by atoms with Gasteiger partial charge >= 0.3 is 0 Å². The topological polar surface area (TPSA) is 25.8 Å². The fourth-order valence-electron chi connectivity index (χ4n) is 2.28. The minimum atomic E-state index is -0.237. The first-order valence-electron chi connectivity index (χ1n) is 7.13. The molecule has 0 fully saturated rings. The summed E-state index contributed by atoms with van der Waals surface area (Å²) in [5.74, 6) is -0.237. The molecule has 0 aliphatic heterocycles. The Morgan fingerprint density at radius 1 is 0.958 bits per heavy atom. The molecule has 0 atom stereocenters. The lowest BCUT2D eigenvalue weighted by Crippen LogP contribution is -1.82. The quantitative estimate of drug-likeness (QED) is 0.394. The van der Waals surface area contributed by atoms with Gasteiger partial charge in [0.2, 0.25) is 0 Å². The van der Waals surface area contributed by atoms with E-state index in [9.17, 15) is 4.39 Å². The van der Waals surface area contributed by atoms with Gasteiger partial charge in [-0.3, -0.25) is 0 Å². The fraction of sp³-hybridized carbons (Fsp3) is 0. The van der Waals surface area contributed by atoms with Gasteiger partial charge in [-0.25, -0.2) is 14.4 Å². The lowest BCUT2D eigenvalue weighted by atomic mass is 10.2. The Kier molecular flexibility index (Phi) is 4.22. The summed E-state index contributed by atoms with van der Waals surface area (Å²) >= 11 is 9.12. The number of benzene rings is 2. The molecule has 0 unspecified atom stereocenters. The number of hydrogen-bond acceptors (Lipinski definition) is 4. The van der Waals surface area contributed by atoms with E-state index < -0.39 is 0 Å². The average molecular weight is 373 g/mol. The molecule has 2 aromatic heterocycles. The van der Waals surface area contributed by atoms with Crippen molar-refractivity contribution in [2.75, 3.05) is 0 Å². The second kappa shape index (κ2) is 6.51. The highest BCUT2D eigenvalue weighted by Crippen LogP contribution is 2.39. The van der Waals surface area contributed by atoms with Crippen LogP contribution in [-0.2, 0) is 0 Å². The molecular formula is C18H10ClFN2S2. The van der Waals surface area contributed by atoms with Gasteiger partial charge < -0.3 is 0 Å². The van der Waals surface area contributed by atoms with Crippen molar-refractivity contribution in [3.8, 4) is 10.4 Å². The molecule has 0 saturated heterocycles. The van der Waals surface area contributed by atoms with Crippen molar-refractivity contribution in [1.82, 2.24) is 9.97 Å². The molecule has 0 N–H and O–H groups in total. The third kappa shape index (κ3) is 3.15. The Morgan fingerprint density at radius 3 is 2.46 bits per heavy atom. The molecule has 0 amide bonds. The van der Waals surface area contributed by atoms with Crippen LogP contribution in [-0.4, -0.2) is 9.97 Å². The summed E-state index contributed by atoms with van der Waals surface area (Å²) in [4.78, 5) is 10.9. The summed E-state index contributed by atoms with van der Waals surface area (Å²) in [6.45, 7) is 0. The van der Waals surface area contributed by atoms with Gasteiger partial charge in [0.25, 0.3) is 0 Å². The summed E-state index contributed by atoms with van der Waals surface area (Å²) in [5, 5.41) is 1.61. The molecule has 0 aliphatic rings. The first kappa shape index (κ1) is 15.6. The van der Waals surface area contributed by atoms with Crippen molar-refractivity contribution in [2.45, 2.75) is 9.92 Å². The third-order valence-corrected chi connectivity index (χ3v) is 6.01. The minimum Gasteiger partial charge on any atom is -0.235 e. The molecule has 118 valence electrons. The van der Waals surface area contributed by atoms with E-state index in [0.717, 1.165) is 30.6 Å². The van der Waals surface area contributed by atoms with Gasteiger partial charge in [-0.1, -0.05) is 35.5 Å². The lowest BCUT2D eigenvalue weighted by molar-refractivity contribution is 0.628. The van der Waals surface area contributed by atoms with Gasteiger partial charge in [-0.15, -0.1) is 11.3 Å². The van der Waals surface area contributed by atoms with Crippen molar-refractivity contribution < 1.29 is 4.39 Å². The van der Waals surface area contributed by atoms with Crippen LogP contribution in [0.25, 0.3) is 20.7 Å². The van der Waals surface area contributed by atoms with Gasteiger partial charge in [0, 0.05) is 14.8 Å². The molecule has 4 rings (SSSR count). The van der Waals surface area contributed by atoms with Crippen molar-refractivity contribution >= 4 is 44.9 Å². The van der Waals surface area contributed by atoms with Crippen molar-refractivity contribution in [3.63, 3.8) is 0 Å². The van der Waals surface area contributed by atoms with Crippen molar-refractivity contribution in [1.29, 1.82) is 0 Å². The van der Waals surface area contributed by atoms with Gasteiger partial charge in [-0.2, -0.15) is 0 Å². The maximum absolute atomic E-state index is 13.1. The van der Waals surface area contributed by atoms with Crippen LogP contribution in [0.3, 0.4) is 0 Å². The van der Waals surface area contributed by atoms with E-state index >= 15 is 0 Å².